The van der Waals surface area contributed by atoms with Crippen molar-refractivity contribution in [2.75, 3.05) is 13.2 Å². The molecule has 27 heavy (non-hydrogen) atoms. The monoisotopic (exact) mass is 392 g/mol. The average molecular weight is 392 g/mol. The maximum atomic E-state index is 13.2. The minimum atomic E-state index is -4.57. The quantitative estimate of drug-likeness (QED) is 0.808. The maximum absolute atomic E-state index is 13.2. The Balaban J connectivity index is 1.88. The Morgan fingerprint density at radius 1 is 1.26 bits per heavy atom. The van der Waals surface area contributed by atoms with Crippen LogP contribution in [0.1, 0.15) is 21.8 Å². The van der Waals surface area contributed by atoms with Crippen LogP contribution in [0.2, 0.25) is 0 Å². The van der Waals surface area contributed by atoms with Crippen molar-refractivity contribution in [1.82, 2.24) is 10.3 Å². The third-order valence-corrected chi connectivity index (χ3v) is 3.74. The van der Waals surface area contributed by atoms with E-state index in [9.17, 15) is 26.7 Å². The highest BCUT2D eigenvalue weighted by molar-refractivity contribution is 5.94. The van der Waals surface area contributed by atoms with Gasteiger partial charge >= 0.3 is 18.5 Å². The van der Waals surface area contributed by atoms with Gasteiger partial charge in [-0.15, -0.1) is 0 Å². The number of amides is 1. The second kappa shape index (κ2) is 6.89. The summed E-state index contributed by atoms with van der Waals surface area (Å²) < 4.78 is 79.7. The summed E-state index contributed by atoms with van der Waals surface area (Å²) >= 11 is 0. The van der Waals surface area contributed by atoms with Gasteiger partial charge in [0.05, 0.1) is 18.8 Å². The number of oxazole rings is 1. The van der Waals surface area contributed by atoms with Crippen LogP contribution in [0, 0.1) is 6.92 Å². The molecular formula is C16H13F5N2O4. The van der Waals surface area contributed by atoms with E-state index in [4.69, 9.17) is 13.9 Å². The Hall–Kier alpha value is -2.53. The second-order valence-corrected chi connectivity index (χ2v) is 5.62. The number of carbonyl (C=O) groups is 1. The molecule has 0 unspecified atom stereocenters. The summed E-state index contributed by atoms with van der Waals surface area (Å²) in [5, 5.41) is 1.91. The second-order valence-electron chi connectivity index (χ2n) is 5.62. The van der Waals surface area contributed by atoms with Gasteiger partial charge in [-0.05, 0) is 25.1 Å². The van der Waals surface area contributed by atoms with Gasteiger partial charge in [-0.3, -0.25) is 10.1 Å². The third kappa shape index (κ3) is 3.78. The van der Waals surface area contributed by atoms with E-state index in [2.05, 4.69) is 4.98 Å². The van der Waals surface area contributed by atoms with Gasteiger partial charge in [0.1, 0.15) is 5.76 Å². The Morgan fingerprint density at radius 2 is 1.93 bits per heavy atom. The molecule has 1 aromatic carbocycles. The predicted octanol–water partition coefficient (Wildman–Crippen LogP) is 3.36. The summed E-state index contributed by atoms with van der Waals surface area (Å²) in [6.45, 7) is 1.04. The zero-order chi connectivity index (χ0) is 19.8. The molecule has 3 rings (SSSR count). The lowest BCUT2D eigenvalue weighted by atomic mass is 10.1. The molecular weight excluding hydrogens is 379 g/mol. The van der Waals surface area contributed by atoms with Crippen LogP contribution in [0.25, 0.3) is 11.5 Å². The van der Waals surface area contributed by atoms with Gasteiger partial charge in [-0.1, -0.05) is 6.07 Å². The first-order valence-electron chi connectivity index (χ1n) is 7.66. The number of hydrogen-bond acceptors (Lipinski definition) is 5. The van der Waals surface area contributed by atoms with E-state index in [0.717, 1.165) is 18.2 Å². The van der Waals surface area contributed by atoms with Gasteiger partial charge in [-0.2, -0.15) is 13.2 Å². The number of rotatable bonds is 4. The molecule has 1 fully saturated rings. The summed E-state index contributed by atoms with van der Waals surface area (Å²) in [5.74, 6) is -4.00. The van der Waals surface area contributed by atoms with Crippen molar-refractivity contribution in [3.05, 3.63) is 41.3 Å². The van der Waals surface area contributed by atoms with E-state index >= 15 is 0 Å². The largest absolute Gasteiger partial charge is 0.441 e. The van der Waals surface area contributed by atoms with Crippen LogP contribution in [-0.2, 0) is 15.7 Å². The molecule has 1 amide bonds. The van der Waals surface area contributed by atoms with Crippen LogP contribution >= 0.6 is 0 Å². The Labute approximate surface area is 149 Å². The predicted molar refractivity (Wildman–Crippen MR) is 79.8 cm³/mol. The van der Waals surface area contributed by atoms with Gasteiger partial charge in [0.25, 0.3) is 5.91 Å². The molecule has 1 N–H and O–H groups in total. The zero-order valence-electron chi connectivity index (χ0n) is 13.8. The molecule has 1 saturated heterocycles. The summed E-state index contributed by atoms with van der Waals surface area (Å²) in [6, 6.07) is 4.14. The van der Waals surface area contributed by atoms with Gasteiger partial charge in [0, 0.05) is 5.56 Å². The number of hydrogen-bond donors (Lipinski definition) is 1. The third-order valence-electron chi connectivity index (χ3n) is 3.74. The van der Waals surface area contributed by atoms with Crippen molar-refractivity contribution >= 4 is 5.91 Å². The lowest BCUT2D eigenvalue weighted by Crippen LogP contribution is -2.55. The van der Waals surface area contributed by atoms with E-state index in [1.807, 2.05) is 5.32 Å². The molecule has 0 spiro atoms. The van der Waals surface area contributed by atoms with E-state index in [0.29, 0.717) is 0 Å². The van der Waals surface area contributed by atoms with Crippen LogP contribution < -0.4 is 5.32 Å². The lowest BCUT2D eigenvalue weighted by molar-refractivity contribution is -0.246. The van der Waals surface area contributed by atoms with Crippen molar-refractivity contribution in [2.45, 2.75) is 25.4 Å². The number of nitrogens with one attached hydrogen (secondary N) is 1. The fourth-order valence-electron chi connectivity index (χ4n) is 2.46. The Morgan fingerprint density at radius 3 is 2.52 bits per heavy atom. The molecule has 0 bridgehead atoms. The molecule has 11 heteroatoms. The van der Waals surface area contributed by atoms with Gasteiger partial charge in [0.2, 0.25) is 5.89 Å². The molecule has 146 valence electrons. The summed E-state index contributed by atoms with van der Waals surface area (Å²) in [5.41, 5.74) is -1.32. The summed E-state index contributed by atoms with van der Waals surface area (Å²) in [6.07, 6.45) is -7.74. The first-order chi connectivity index (χ1) is 12.6. The molecule has 0 aliphatic carbocycles. The molecule has 2 aromatic rings. The highest BCUT2D eigenvalue weighted by Gasteiger charge is 2.48. The number of alkyl halides is 5. The van der Waals surface area contributed by atoms with E-state index in [1.54, 1.807) is 0 Å². The first-order valence-corrected chi connectivity index (χ1v) is 7.66. The number of aromatic nitrogens is 1. The average Bonchev–Trinajstić information content (AvgIpc) is 3.22. The van der Waals surface area contributed by atoms with Crippen LogP contribution in [0.15, 0.2) is 28.7 Å². The standard InChI is InChI=1S/C16H13F5N2O4/c1-8-11(12(24)23-16(14(17)18)25-5-6-26-16)22-13(27-8)9-3-2-4-10(7-9)15(19,20)21/h2-4,7,14H,5-6H2,1H3,(H,23,24). The minimum absolute atomic E-state index is 0.0242. The Bertz CT molecular complexity index is 844. The molecule has 1 aromatic heterocycles. The minimum Gasteiger partial charge on any atom is -0.441 e. The molecule has 6 nitrogen and oxygen atoms in total. The van der Waals surface area contributed by atoms with E-state index in [-0.39, 0.29) is 36.1 Å². The van der Waals surface area contributed by atoms with Gasteiger partial charge < -0.3 is 13.9 Å². The fraction of sp³-hybridized carbons (Fsp3) is 0.375. The molecule has 0 saturated carbocycles. The van der Waals surface area contributed by atoms with Crippen molar-refractivity contribution in [3.8, 4) is 11.5 Å². The van der Waals surface area contributed by atoms with E-state index in [1.165, 1.54) is 13.0 Å². The van der Waals surface area contributed by atoms with Gasteiger partial charge in [0.15, 0.2) is 5.69 Å². The van der Waals surface area contributed by atoms with Crippen molar-refractivity contribution in [1.29, 1.82) is 0 Å². The van der Waals surface area contributed by atoms with Crippen LogP contribution in [0.3, 0.4) is 0 Å². The lowest BCUT2D eigenvalue weighted by Gasteiger charge is -2.26. The molecule has 0 radical (unpaired) electrons. The van der Waals surface area contributed by atoms with Crippen LogP contribution in [0.4, 0.5) is 22.0 Å². The molecule has 0 atom stereocenters. The highest BCUT2D eigenvalue weighted by atomic mass is 19.4. The smallest absolute Gasteiger partial charge is 0.416 e. The van der Waals surface area contributed by atoms with E-state index < -0.39 is 30.0 Å². The Kier molecular flexibility index (Phi) is 4.91. The number of benzene rings is 1. The highest BCUT2D eigenvalue weighted by Crippen LogP contribution is 2.32. The maximum Gasteiger partial charge on any atom is 0.416 e. The van der Waals surface area contributed by atoms with Crippen LogP contribution in [-0.4, -0.2) is 36.4 Å². The molecule has 2 heterocycles. The number of aryl methyl sites for hydroxylation is 1. The number of carbonyl (C=O) groups excluding carboxylic acids is 1. The molecule has 1 aliphatic heterocycles. The summed E-state index contributed by atoms with van der Waals surface area (Å²) in [7, 11) is 0. The van der Waals surface area contributed by atoms with Crippen molar-refractivity contribution < 1.29 is 40.6 Å². The first kappa shape index (κ1) is 19.2. The SMILES string of the molecule is Cc1oc(-c2cccc(C(F)(F)F)c2)nc1C(=O)NC1(C(F)F)OCCO1. The topological polar surface area (TPSA) is 73.6 Å². The number of halogens is 5. The number of nitrogens with zero attached hydrogens (tertiary/aromatic N) is 1. The normalized spacial score (nSPS) is 16.7. The van der Waals surface area contributed by atoms with Gasteiger partial charge in [-0.25, -0.2) is 13.8 Å². The van der Waals surface area contributed by atoms with Crippen molar-refractivity contribution in [3.63, 3.8) is 0 Å². The zero-order valence-corrected chi connectivity index (χ0v) is 13.8. The number of ether oxygens (including phenoxy) is 2. The van der Waals surface area contributed by atoms with Crippen molar-refractivity contribution in [2.24, 2.45) is 0 Å². The summed E-state index contributed by atoms with van der Waals surface area (Å²) in [4.78, 5) is 16.1. The fourth-order valence-corrected chi connectivity index (χ4v) is 2.46. The molecule has 1 aliphatic rings. The van der Waals surface area contributed by atoms with Crippen LogP contribution in [0.5, 0.6) is 0 Å².